The molecule has 0 spiro atoms. The first kappa shape index (κ1) is 19.5. The molecule has 0 N–H and O–H groups in total. The van der Waals surface area contributed by atoms with Crippen LogP contribution >= 0.6 is 23.2 Å². The van der Waals surface area contributed by atoms with E-state index in [0.717, 1.165) is 11.3 Å². The molecule has 4 nitrogen and oxygen atoms in total. The Morgan fingerprint density at radius 1 is 1.11 bits per heavy atom. The van der Waals surface area contributed by atoms with E-state index in [9.17, 15) is 9.18 Å². The lowest BCUT2D eigenvalue weighted by Gasteiger charge is -2.35. The molecule has 0 atom stereocenters. The summed E-state index contributed by atoms with van der Waals surface area (Å²) in [6.07, 6.45) is 3.23. The van der Waals surface area contributed by atoms with Crippen molar-refractivity contribution < 1.29 is 13.9 Å². The summed E-state index contributed by atoms with van der Waals surface area (Å²) in [5.74, 6) is 0.145. The number of halogens is 3. The molecule has 27 heavy (non-hydrogen) atoms. The van der Waals surface area contributed by atoms with E-state index in [2.05, 4.69) is 4.90 Å². The topological polar surface area (TPSA) is 32.8 Å². The van der Waals surface area contributed by atoms with Gasteiger partial charge in [0.1, 0.15) is 11.6 Å². The smallest absolute Gasteiger partial charge is 0.246 e. The van der Waals surface area contributed by atoms with Gasteiger partial charge in [-0.25, -0.2) is 4.39 Å². The van der Waals surface area contributed by atoms with Gasteiger partial charge in [0.25, 0.3) is 0 Å². The summed E-state index contributed by atoms with van der Waals surface area (Å²) >= 11 is 11.9. The highest BCUT2D eigenvalue weighted by Crippen LogP contribution is 2.25. The summed E-state index contributed by atoms with van der Waals surface area (Å²) in [6.45, 7) is 2.46. The number of anilines is 1. The number of amides is 1. The van der Waals surface area contributed by atoms with Crippen LogP contribution in [-0.2, 0) is 4.79 Å². The van der Waals surface area contributed by atoms with Crippen molar-refractivity contribution in [3.8, 4) is 5.75 Å². The minimum atomic E-state index is -0.434. The fourth-order valence-corrected chi connectivity index (χ4v) is 3.32. The number of carbonyl (C=O) groups is 1. The van der Waals surface area contributed by atoms with Crippen LogP contribution in [0.2, 0.25) is 10.0 Å². The second kappa shape index (κ2) is 8.63. The van der Waals surface area contributed by atoms with E-state index in [1.807, 2.05) is 0 Å². The first-order valence-corrected chi connectivity index (χ1v) is 9.24. The molecule has 7 heteroatoms. The fourth-order valence-electron chi connectivity index (χ4n) is 2.97. The molecule has 2 aromatic carbocycles. The molecule has 3 rings (SSSR count). The van der Waals surface area contributed by atoms with Crippen LogP contribution in [0.3, 0.4) is 0 Å². The van der Waals surface area contributed by atoms with Crippen molar-refractivity contribution in [1.82, 2.24) is 4.90 Å². The molecule has 142 valence electrons. The van der Waals surface area contributed by atoms with Crippen LogP contribution in [0.5, 0.6) is 5.75 Å². The van der Waals surface area contributed by atoms with E-state index in [1.54, 1.807) is 48.4 Å². The van der Waals surface area contributed by atoms with Gasteiger partial charge in [-0.05, 0) is 42.5 Å². The van der Waals surface area contributed by atoms with Crippen molar-refractivity contribution in [2.45, 2.75) is 0 Å². The SMILES string of the molecule is COc1ccc(Cl)cc1/C=C/C(=O)N1CCN(c2ccc(F)c(Cl)c2)CC1. The predicted molar refractivity (Wildman–Crippen MR) is 107 cm³/mol. The van der Waals surface area contributed by atoms with E-state index in [1.165, 1.54) is 12.1 Å². The highest BCUT2D eigenvalue weighted by Gasteiger charge is 2.20. The molecule has 0 radical (unpaired) electrons. The van der Waals surface area contributed by atoms with Crippen molar-refractivity contribution in [3.05, 3.63) is 63.9 Å². The highest BCUT2D eigenvalue weighted by molar-refractivity contribution is 6.31. The third-order valence-corrected chi connectivity index (χ3v) is 4.98. The minimum Gasteiger partial charge on any atom is -0.496 e. The molecule has 0 aliphatic carbocycles. The van der Waals surface area contributed by atoms with Crippen LogP contribution in [-0.4, -0.2) is 44.1 Å². The maximum Gasteiger partial charge on any atom is 0.246 e. The van der Waals surface area contributed by atoms with Crippen molar-refractivity contribution >= 4 is 40.9 Å². The van der Waals surface area contributed by atoms with E-state index in [4.69, 9.17) is 27.9 Å². The molecule has 0 saturated carbocycles. The van der Waals surface area contributed by atoms with E-state index in [0.29, 0.717) is 37.0 Å². The number of rotatable bonds is 4. The molecular weight excluding hydrogens is 390 g/mol. The Hall–Kier alpha value is -2.24. The fraction of sp³-hybridized carbons (Fsp3) is 0.250. The number of carbonyl (C=O) groups excluding carboxylic acids is 1. The molecule has 1 aliphatic rings. The lowest BCUT2D eigenvalue weighted by molar-refractivity contribution is -0.126. The van der Waals surface area contributed by atoms with Gasteiger partial charge in [0.05, 0.1) is 12.1 Å². The molecule has 0 aromatic heterocycles. The Morgan fingerprint density at radius 3 is 2.52 bits per heavy atom. The van der Waals surface area contributed by atoms with E-state index < -0.39 is 5.82 Å². The number of piperazine rings is 1. The van der Waals surface area contributed by atoms with Crippen LogP contribution in [0, 0.1) is 5.82 Å². The largest absolute Gasteiger partial charge is 0.496 e. The van der Waals surface area contributed by atoms with Crippen molar-refractivity contribution in [2.75, 3.05) is 38.2 Å². The summed E-state index contributed by atoms with van der Waals surface area (Å²) in [5.41, 5.74) is 1.60. The Labute approximate surface area is 167 Å². The summed E-state index contributed by atoms with van der Waals surface area (Å²) in [7, 11) is 1.57. The van der Waals surface area contributed by atoms with Crippen molar-refractivity contribution in [2.24, 2.45) is 0 Å². The summed E-state index contributed by atoms with van der Waals surface area (Å²) < 4.78 is 18.6. The van der Waals surface area contributed by atoms with Gasteiger partial charge >= 0.3 is 0 Å². The maximum atomic E-state index is 13.3. The van der Waals surface area contributed by atoms with Crippen molar-refractivity contribution in [3.63, 3.8) is 0 Å². The molecule has 1 fully saturated rings. The standard InChI is InChI=1S/C20H19Cl2FN2O2/c1-27-19-6-3-15(21)12-14(19)2-7-20(26)25-10-8-24(9-11-25)16-4-5-18(23)17(22)13-16/h2-7,12-13H,8-11H2,1H3/b7-2+. The molecule has 2 aromatic rings. The van der Waals surface area contributed by atoms with Gasteiger partial charge in [0.15, 0.2) is 0 Å². The summed E-state index contributed by atoms with van der Waals surface area (Å²) in [6, 6.07) is 9.92. The van der Waals surface area contributed by atoms with Gasteiger partial charge in [0, 0.05) is 48.5 Å². The first-order valence-electron chi connectivity index (χ1n) is 8.48. The lowest BCUT2D eigenvalue weighted by Crippen LogP contribution is -2.48. The molecule has 1 aliphatic heterocycles. The van der Waals surface area contributed by atoms with Crippen LogP contribution in [0.15, 0.2) is 42.5 Å². The molecule has 1 amide bonds. The zero-order valence-electron chi connectivity index (χ0n) is 14.8. The normalized spacial score (nSPS) is 14.7. The number of benzene rings is 2. The zero-order chi connectivity index (χ0) is 19.4. The Morgan fingerprint density at radius 2 is 1.85 bits per heavy atom. The molecule has 0 unspecified atom stereocenters. The van der Waals surface area contributed by atoms with E-state index >= 15 is 0 Å². The lowest BCUT2D eigenvalue weighted by atomic mass is 10.1. The van der Waals surface area contributed by atoms with Crippen molar-refractivity contribution in [1.29, 1.82) is 0 Å². The molecule has 1 saturated heterocycles. The first-order chi connectivity index (χ1) is 13.0. The van der Waals surface area contributed by atoms with Gasteiger partial charge in [-0.15, -0.1) is 0 Å². The van der Waals surface area contributed by atoms with Gasteiger partial charge < -0.3 is 14.5 Å². The number of hydrogen-bond donors (Lipinski definition) is 0. The highest BCUT2D eigenvalue weighted by atomic mass is 35.5. The molecule has 0 bridgehead atoms. The Bertz CT molecular complexity index is 865. The van der Waals surface area contributed by atoms with Gasteiger partial charge in [-0.2, -0.15) is 0 Å². The third kappa shape index (κ3) is 4.73. The number of ether oxygens (including phenoxy) is 1. The van der Waals surface area contributed by atoms with Gasteiger partial charge in [0.2, 0.25) is 5.91 Å². The number of methoxy groups -OCH3 is 1. The average Bonchev–Trinajstić information content (AvgIpc) is 2.68. The summed E-state index contributed by atoms with van der Waals surface area (Å²) in [4.78, 5) is 16.3. The predicted octanol–water partition coefficient (Wildman–Crippen LogP) is 4.50. The van der Waals surface area contributed by atoms with Crippen LogP contribution < -0.4 is 9.64 Å². The third-order valence-electron chi connectivity index (χ3n) is 4.46. The Kier molecular flexibility index (Phi) is 6.24. The average molecular weight is 409 g/mol. The number of hydrogen-bond acceptors (Lipinski definition) is 3. The number of nitrogens with zero attached hydrogens (tertiary/aromatic N) is 2. The molecule has 1 heterocycles. The minimum absolute atomic E-state index is 0.0752. The second-order valence-electron chi connectivity index (χ2n) is 6.13. The summed E-state index contributed by atoms with van der Waals surface area (Å²) in [5, 5.41) is 0.680. The second-order valence-corrected chi connectivity index (χ2v) is 6.97. The molecular formula is C20H19Cl2FN2O2. The van der Waals surface area contributed by atoms with Gasteiger partial charge in [-0.3, -0.25) is 4.79 Å². The van der Waals surface area contributed by atoms with E-state index in [-0.39, 0.29) is 10.9 Å². The van der Waals surface area contributed by atoms with Crippen LogP contribution in [0.25, 0.3) is 6.08 Å². The van der Waals surface area contributed by atoms with Crippen LogP contribution in [0.4, 0.5) is 10.1 Å². The van der Waals surface area contributed by atoms with Gasteiger partial charge in [-0.1, -0.05) is 23.2 Å². The Balaban J connectivity index is 1.61. The maximum absolute atomic E-state index is 13.3. The monoisotopic (exact) mass is 408 g/mol. The zero-order valence-corrected chi connectivity index (χ0v) is 16.3. The van der Waals surface area contributed by atoms with Crippen LogP contribution in [0.1, 0.15) is 5.56 Å². The quantitative estimate of drug-likeness (QED) is 0.697.